The van der Waals surface area contributed by atoms with Gasteiger partial charge in [0.2, 0.25) is 0 Å². The number of carbonyl (C=O) groups excluding carboxylic acids is 1. The van der Waals surface area contributed by atoms with Crippen LogP contribution in [0.1, 0.15) is 10.5 Å². The number of halogens is 1. The van der Waals surface area contributed by atoms with Crippen molar-refractivity contribution in [3.05, 3.63) is 28.1 Å². The predicted molar refractivity (Wildman–Crippen MR) is 69.0 cm³/mol. The molecule has 0 saturated heterocycles. The van der Waals surface area contributed by atoms with Crippen LogP contribution in [-0.2, 0) is 4.74 Å². The smallest absolute Gasteiger partial charge is 0.287 e. The Morgan fingerprint density at radius 2 is 2.33 bits per heavy atom. The van der Waals surface area contributed by atoms with E-state index in [0.29, 0.717) is 25.0 Å². The van der Waals surface area contributed by atoms with Crippen LogP contribution in [0.5, 0.6) is 0 Å². The lowest BCUT2D eigenvalue weighted by molar-refractivity contribution is -0.384. The van der Waals surface area contributed by atoms with Crippen LogP contribution in [0, 0.1) is 10.1 Å². The Hall–Kier alpha value is -1.41. The van der Waals surface area contributed by atoms with Crippen LogP contribution in [0.2, 0.25) is 0 Å². The summed E-state index contributed by atoms with van der Waals surface area (Å²) in [6, 6.07) is 1.23. The summed E-state index contributed by atoms with van der Waals surface area (Å²) in [5.74, 6) is -0.278. The van der Waals surface area contributed by atoms with Crippen molar-refractivity contribution < 1.29 is 14.5 Å². The van der Waals surface area contributed by atoms with Gasteiger partial charge >= 0.3 is 0 Å². The second-order valence-electron chi connectivity index (χ2n) is 3.50. The highest BCUT2D eigenvalue weighted by Gasteiger charge is 2.19. The third kappa shape index (κ3) is 3.81. The number of rotatable bonds is 7. The number of ether oxygens (including phenoxy) is 1. The van der Waals surface area contributed by atoms with Crippen LogP contribution in [0.25, 0.3) is 0 Å². The molecule has 8 heteroatoms. The van der Waals surface area contributed by atoms with E-state index >= 15 is 0 Å². The molecule has 0 fully saturated rings. The number of methoxy groups -OCH3 is 1. The van der Waals surface area contributed by atoms with Gasteiger partial charge in [0.1, 0.15) is 5.69 Å². The molecule has 1 N–H and O–H groups in total. The van der Waals surface area contributed by atoms with Gasteiger partial charge in [0.05, 0.1) is 17.7 Å². The van der Waals surface area contributed by atoms with E-state index in [4.69, 9.17) is 4.74 Å². The number of amides is 1. The zero-order chi connectivity index (χ0) is 13.5. The van der Waals surface area contributed by atoms with Gasteiger partial charge in [-0.25, -0.2) is 0 Å². The zero-order valence-corrected chi connectivity index (χ0v) is 11.5. The van der Waals surface area contributed by atoms with E-state index in [1.165, 1.54) is 12.3 Å². The molecule has 0 atom stereocenters. The Morgan fingerprint density at radius 1 is 1.61 bits per heavy atom. The molecule has 18 heavy (non-hydrogen) atoms. The molecule has 0 bridgehead atoms. The molecule has 1 aromatic rings. The van der Waals surface area contributed by atoms with Gasteiger partial charge in [-0.2, -0.15) is 0 Å². The number of nitro groups is 1. The minimum atomic E-state index is -0.544. The van der Waals surface area contributed by atoms with E-state index in [1.807, 2.05) is 0 Å². The molecule has 0 saturated carbocycles. The summed E-state index contributed by atoms with van der Waals surface area (Å²) in [6.45, 7) is 1.37. The van der Waals surface area contributed by atoms with Crippen molar-refractivity contribution in [2.24, 2.45) is 0 Å². The molecular formula is C10H14BrN3O4. The van der Waals surface area contributed by atoms with Crippen LogP contribution < -0.4 is 0 Å². The van der Waals surface area contributed by atoms with E-state index in [1.54, 1.807) is 12.0 Å². The molecule has 7 nitrogen and oxygen atoms in total. The molecule has 1 heterocycles. The van der Waals surface area contributed by atoms with Crippen molar-refractivity contribution in [3.63, 3.8) is 0 Å². The van der Waals surface area contributed by atoms with Crippen LogP contribution in [0.4, 0.5) is 5.69 Å². The SMILES string of the molecule is COCCN(CCBr)C(=O)c1cc([N+](=O)[O-])c[nH]1. The van der Waals surface area contributed by atoms with Gasteiger partial charge in [-0.1, -0.05) is 15.9 Å². The summed E-state index contributed by atoms with van der Waals surface area (Å²) in [6.07, 6.45) is 1.20. The monoisotopic (exact) mass is 319 g/mol. The zero-order valence-electron chi connectivity index (χ0n) is 9.89. The van der Waals surface area contributed by atoms with Gasteiger partial charge in [0.15, 0.2) is 0 Å². The number of nitrogens with one attached hydrogen (secondary N) is 1. The Kier molecular flexibility index (Phi) is 5.79. The average Bonchev–Trinajstić information content (AvgIpc) is 2.83. The molecule has 0 spiro atoms. The first-order valence-electron chi connectivity index (χ1n) is 5.27. The highest BCUT2D eigenvalue weighted by molar-refractivity contribution is 9.09. The van der Waals surface area contributed by atoms with Gasteiger partial charge in [0, 0.05) is 31.6 Å². The highest BCUT2D eigenvalue weighted by atomic mass is 79.9. The number of alkyl halides is 1. The van der Waals surface area contributed by atoms with Crippen molar-refractivity contribution >= 4 is 27.5 Å². The minimum absolute atomic E-state index is 0.121. The number of hydrogen-bond acceptors (Lipinski definition) is 4. The lowest BCUT2D eigenvalue weighted by Crippen LogP contribution is -2.35. The fourth-order valence-electron chi connectivity index (χ4n) is 1.40. The van der Waals surface area contributed by atoms with Gasteiger partial charge in [-0.15, -0.1) is 0 Å². The maximum absolute atomic E-state index is 12.1. The quantitative estimate of drug-likeness (QED) is 0.467. The molecule has 0 aromatic carbocycles. The third-order valence-electron chi connectivity index (χ3n) is 2.32. The molecule has 100 valence electrons. The van der Waals surface area contributed by atoms with E-state index in [-0.39, 0.29) is 17.3 Å². The third-order valence-corrected chi connectivity index (χ3v) is 2.67. The standard InChI is InChI=1S/C10H14BrN3O4/c1-18-5-4-13(3-2-11)10(15)9-6-8(7-12-9)14(16)17/h6-7,12H,2-5H2,1H3. The van der Waals surface area contributed by atoms with Crippen molar-refractivity contribution in [1.29, 1.82) is 0 Å². The van der Waals surface area contributed by atoms with Gasteiger partial charge in [-0.3, -0.25) is 14.9 Å². The summed E-state index contributed by atoms with van der Waals surface area (Å²) >= 11 is 3.26. The first-order valence-corrected chi connectivity index (χ1v) is 6.39. The van der Waals surface area contributed by atoms with E-state index in [0.717, 1.165) is 0 Å². The van der Waals surface area contributed by atoms with Crippen molar-refractivity contribution in [2.75, 3.05) is 32.1 Å². The summed E-state index contributed by atoms with van der Waals surface area (Å²) in [7, 11) is 1.55. The lowest BCUT2D eigenvalue weighted by Gasteiger charge is -2.20. The Balaban J connectivity index is 2.77. The fraction of sp³-hybridized carbons (Fsp3) is 0.500. The topological polar surface area (TPSA) is 88.5 Å². The molecule has 0 radical (unpaired) electrons. The van der Waals surface area contributed by atoms with Crippen LogP contribution in [0.3, 0.4) is 0 Å². The number of hydrogen-bond donors (Lipinski definition) is 1. The molecule has 0 aliphatic heterocycles. The molecule has 0 aliphatic carbocycles. The molecule has 0 aliphatic rings. The van der Waals surface area contributed by atoms with E-state index < -0.39 is 4.92 Å². The first-order chi connectivity index (χ1) is 8.60. The van der Waals surface area contributed by atoms with Crippen molar-refractivity contribution in [3.8, 4) is 0 Å². The normalized spacial score (nSPS) is 10.3. The Morgan fingerprint density at radius 3 is 2.83 bits per heavy atom. The summed E-state index contributed by atoms with van der Waals surface area (Å²) < 4.78 is 4.92. The molecule has 0 unspecified atom stereocenters. The Bertz CT molecular complexity index is 421. The maximum atomic E-state index is 12.1. The molecular weight excluding hydrogens is 306 g/mol. The summed E-state index contributed by atoms with van der Waals surface area (Å²) in [5, 5.41) is 11.2. The van der Waals surface area contributed by atoms with Crippen LogP contribution >= 0.6 is 15.9 Å². The first kappa shape index (κ1) is 14.7. The molecule has 1 rings (SSSR count). The van der Waals surface area contributed by atoms with E-state index in [2.05, 4.69) is 20.9 Å². The van der Waals surface area contributed by atoms with Gasteiger partial charge in [-0.05, 0) is 0 Å². The highest BCUT2D eigenvalue weighted by Crippen LogP contribution is 2.14. The summed E-state index contributed by atoms with van der Waals surface area (Å²) in [4.78, 5) is 26.2. The van der Waals surface area contributed by atoms with E-state index in [9.17, 15) is 14.9 Å². The predicted octanol–water partition coefficient (Wildman–Crippen LogP) is 1.41. The van der Waals surface area contributed by atoms with Gasteiger partial charge in [0.25, 0.3) is 11.6 Å². The molecule has 1 aromatic heterocycles. The largest absolute Gasteiger partial charge is 0.383 e. The number of aromatic amines is 1. The number of nitrogens with zero attached hydrogens (tertiary/aromatic N) is 2. The second kappa shape index (κ2) is 7.12. The molecule has 1 amide bonds. The minimum Gasteiger partial charge on any atom is -0.383 e. The Labute approximate surface area is 112 Å². The van der Waals surface area contributed by atoms with Crippen LogP contribution in [0.15, 0.2) is 12.3 Å². The average molecular weight is 320 g/mol. The van der Waals surface area contributed by atoms with Crippen LogP contribution in [-0.4, -0.2) is 52.9 Å². The maximum Gasteiger partial charge on any atom is 0.287 e. The van der Waals surface area contributed by atoms with Gasteiger partial charge < -0.3 is 14.6 Å². The second-order valence-corrected chi connectivity index (χ2v) is 4.30. The number of H-pyrrole nitrogens is 1. The van der Waals surface area contributed by atoms with Crippen molar-refractivity contribution in [2.45, 2.75) is 0 Å². The van der Waals surface area contributed by atoms with Crippen molar-refractivity contribution in [1.82, 2.24) is 9.88 Å². The summed E-state index contributed by atoms with van der Waals surface area (Å²) in [5.41, 5.74) is 0.0858. The lowest BCUT2D eigenvalue weighted by atomic mass is 10.3. The fourth-order valence-corrected chi connectivity index (χ4v) is 1.83. The number of aromatic nitrogens is 1. The number of carbonyl (C=O) groups is 1.